The van der Waals surface area contributed by atoms with E-state index in [1.807, 2.05) is 0 Å². The third-order valence-electron chi connectivity index (χ3n) is 3.73. The van der Waals surface area contributed by atoms with Crippen LogP contribution in [0.4, 0.5) is 0 Å². The number of thiocarbonyl (C=S) groups is 1. The van der Waals surface area contributed by atoms with Crippen molar-refractivity contribution >= 4 is 35.4 Å². The molecule has 2 atom stereocenters. The van der Waals surface area contributed by atoms with Gasteiger partial charge in [-0.3, -0.25) is 19.5 Å². The minimum atomic E-state index is -0.858. The first-order valence-electron chi connectivity index (χ1n) is 6.96. The molecule has 2 amide bonds. The summed E-state index contributed by atoms with van der Waals surface area (Å²) in [5.74, 6) is -1.49. The standard InChI is InChI=1S/C13H17N3O3S/c17-11-10(7-14-6-9-2-1-5-19-9)12(18)16(8-3-4-8)13(20)15-11/h7-10H,1-6H2,(H,15,17,20)/t9-,10?/m1/s1. The zero-order valence-corrected chi connectivity index (χ0v) is 11.9. The zero-order chi connectivity index (χ0) is 14.1. The second-order valence-corrected chi connectivity index (χ2v) is 5.75. The molecule has 1 saturated carbocycles. The summed E-state index contributed by atoms with van der Waals surface area (Å²) in [5.41, 5.74) is 0. The quantitative estimate of drug-likeness (QED) is 0.459. The first-order valence-corrected chi connectivity index (χ1v) is 7.37. The van der Waals surface area contributed by atoms with E-state index in [2.05, 4.69) is 10.3 Å². The van der Waals surface area contributed by atoms with Crippen LogP contribution in [-0.2, 0) is 14.3 Å². The monoisotopic (exact) mass is 295 g/mol. The van der Waals surface area contributed by atoms with Crippen molar-refractivity contribution < 1.29 is 14.3 Å². The molecule has 1 unspecified atom stereocenters. The van der Waals surface area contributed by atoms with E-state index in [0.717, 1.165) is 32.3 Å². The number of carbonyl (C=O) groups is 2. The van der Waals surface area contributed by atoms with E-state index >= 15 is 0 Å². The zero-order valence-electron chi connectivity index (χ0n) is 11.1. The molecule has 0 radical (unpaired) electrons. The molecule has 0 aromatic carbocycles. The average molecular weight is 295 g/mol. The van der Waals surface area contributed by atoms with Gasteiger partial charge in [-0.25, -0.2) is 0 Å². The Bertz CT molecular complexity index is 469. The lowest BCUT2D eigenvalue weighted by Crippen LogP contribution is -2.58. The number of ether oxygens (including phenoxy) is 1. The summed E-state index contributed by atoms with van der Waals surface area (Å²) in [4.78, 5) is 29.9. The van der Waals surface area contributed by atoms with Crippen LogP contribution in [-0.4, -0.2) is 53.3 Å². The molecule has 1 aliphatic carbocycles. The lowest BCUT2D eigenvalue weighted by molar-refractivity contribution is -0.138. The summed E-state index contributed by atoms with van der Waals surface area (Å²) in [5, 5.41) is 2.81. The van der Waals surface area contributed by atoms with Crippen LogP contribution in [0.25, 0.3) is 0 Å². The summed E-state index contributed by atoms with van der Waals surface area (Å²) in [6.45, 7) is 1.28. The van der Waals surface area contributed by atoms with Gasteiger partial charge >= 0.3 is 0 Å². The molecule has 0 aromatic rings. The molecule has 0 aromatic heterocycles. The van der Waals surface area contributed by atoms with E-state index in [-0.39, 0.29) is 29.1 Å². The van der Waals surface area contributed by atoms with Crippen molar-refractivity contribution in [2.75, 3.05) is 13.2 Å². The summed E-state index contributed by atoms with van der Waals surface area (Å²) in [6.07, 6.45) is 5.49. The van der Waals surface area contributed by atoms with Crippen molar-refractivity contribution in [1.29, 1.82) is 0 Å². The maximum absolute atomic E-state index is 12.3. The highest BCUT2D eigenvalue weighted by atomic mass is 32.1. The van der Waals surface area contributed by atoms with E-state index < -0.39 is 5.92 Å². The summed E-state index contributed by atoms with van der Waals surface area (Å²) in [6, 6.07) is 0.157. The van der Waals surface area contributed by atoms with Crippen molar-refractivity contribution in [2.45, 2.75) is 37.8 Å². The topological polar surface area (TPSA) is 71.0 Å². The molecule has 6 nitrogen and oxygen atoms in total. The van der Waals surface area contributed by atoms with Crippen LogP contribution in [0, 0.1) is 5.92 Å². The van der Waals surface area contributed by atoms with Crippen molar-refractivity contribution in [3.8, 4) is 0 Å². The molecule has 2 heterocycles. The molecule has 0 bridgehead atoms. The van der Waals surface area contributed by atoms with E-state index in [0.29, 0.717) is 6.54 Å². The Morgan fingerprint density at radius 2 is 2.20 bits per heavy atom. The minimum Gasteiger partial charge on any atom is -0.376 e. The summed E-state index contributed by atoms with van der Waals surface area (Å²) >= 11 is 5.06. The largest absolute Gasteiger partial charge is 0.376 e. The van der Waals surface area contributed by atoms with Gasteiger partial charge in [0, 0.05) is 18.9 Å². The lowest BCUT2D eigenvalue weighted by Gasteiger charge is -2.30. The van der Waals surface area contributed by atoms with E-state index in [9.17, 15) is 9.59 Å². The molecule has 3 rings (SSSR count). The lowest BCUT2D eigenvalue weighted by atomic mass is 10.1. The molecule has 20 heavy (non-hydrogen) atoms. The number of hydrogen-bond donors (Lipinski definition) is 1. The second-order valence-electron chi connectivity index (χ2n) is 5.36. The van der Waals surface area contributed by atoms with Gasteiger partial charge < -0.3 is 10.1 Å². The van der Waals surface area contributed by atoms with Gasteiger partial charge in [-0.05, 0) is 37.9 Å². The highest BCUT2D eigenvalue weighted by molar-refractivity contribution is 7.80. The van der Waals surface area contributed by atoms with Crippen molar-refractivity contribution in [3.63, 3.8) is 0 Å². The molecule has 0 spiro atoms. The van der Waals surface area contributed by atoms with Gasteiger partial charge in [-0.1, -0.05) is 0 Å². The van der Waals surface area contributed by atoms with Gasteiger partial charge in [0.25, 0.3) is 0 Å². The molecule has 2 aliphatic heterocycles. The maximum atomic E-state index is 12.3. The third kappa shape index (κ3) is 2.73. The Hall–Kier alpha value is -1.34. The average Bonchev–Trinajstić information content (AvgIpc) is 3.09. The molecule has 108 valence electrons. The Kier molecular flexibility index (Phi) is 3.80. The van der Waals surface area contributed by atoms with Crippen molar-refractivity contribution in [3.05, 3.63) is 0 Å². The number of carbonyl (C=O) groups excluding carboxylic acids is 2. The van der Waals surface area contributed by atoms with Crippen molar-refractivity contribution in [2.24, 2.45) is 10.9 Å². The van der Waals surface area contributed by atoms with Crippen LogP contribution < -0.4 is 5.32 Å². The van der Waals surface area contributed by atoms with Gasteiger partial charge in [0.15, 0.2) is 11.0 Å². The number of nitrogens with zero attached hydrogens (tertiary/aromatic N) is 2. The van der Waals surface area contributed by atoms with E-state index in [1.54, 1.807) is 0 Å². The smallest absolute Gasteiger partial charge is 0.247 e. The fraction of sp³-hybridized carbons (Fsp3) is 0.692. The van der Waals surface area contributed by atoms with Crippen LogP contribution >= 0.6 is 12.2 Å². The van der Waals surface area contributed by atoms with Crippen LogP contribution in [0.1, 0.15) is 25.7 Å². The molecular formula is C13H17N3O3S. The van der Waals surface area contributed by atoms with E-state index in [1.165, 1.54) is 11.1 Å². The molecule has 3 aliphatic rings. The summed E-state index contributed by atoms with van der Waals surface area (Å²) < 4.78 is 5.45. The van der Waals surface area contributed by atoms with Gasteiger partial charge in [0.05, 0.1) is 12.6 Å². The molecule has 1 N–H and O–H groups in total. The normalized spacial score (nSPS) is 31.2. The Morgan fingerprint density at radius 3 is 2.85 bits per heavy atom. The van der Waals surface area contributed by atoms with Crippen LogP contribution in [0.2, 0.25) is 0 Å². The number of aliphatic imine (C=N–C) groups is 1. The first kappa shape index (κ1) is 13.6. The number of amides is 2. The van der Waals surface area contributed by atoms with Gasteiger partial charge in [-0.15, -0.1) is 0 Å². The highest BCUT2D eigenvalue weighted by Crippen LogP contribution is 2.29. The molecule has 7 heteroatoms. The first-order chi connectivity index (χ1) is 9.66. The van der Waals surface area contributed by atoms with Gasteiger partial charge in [0.1, 0.15) is 0 Å². The fourth-order valence-corrected chi connectivity index (χ4v) is 2.83. The minimum absolute atomic E-state index is 0.119. The fourth-order valence-electron chi connectivity index (χ4n) is 2.49. The second kappa shape index (κ2) is 5.57. The predicted octanol–water partition coefficient (Wildman–Crippen LogP) is 0.258. The highest BCUT2D eigenvalue weighted by Gasteiger charge is 2.44. The number of hydrogen-bond acceptors (Lipinski definition) is 5. The summed E-state index contributed by atoms with van der Waals surface area (Å²) in [7, 11) is 0. The van der Waals surface area contributed by atoms with E-state index in [4.69, 9.17) is 17.0 Å². The van der Waals surface area contributed by atoms with Crippen LogP contribution in [0.5, 0.6) is 0 Å². The Balaban J connectivity index is 1.64. The number of nitrogens with one attached hydrogen (secondary N) is 1. The molecular weight excluding hydrogens is 278 g/mol. The molecule has 3 fully saturated rings. The van der Waals surface area contributed by atoms with Crippen LogP contribution in [0.15, 0.2) is 4.99 Å². The third-order valence-corrected chi connectivity index (χ3v) is 4.03. The SMILES string of the molecule is O=C1NC(=S)N(C2CC2)C(=O)C1C=NC[C@H]1CCCO1. The van der Waals surface area contributed by atoms with Crippen LogP contribution in [0.3, 0.4) is 0 Å². The number of rotatable bonds is 4. The Labute approximate surface area is 122 Å². The molecule has 2 saturated heterocycles. The Morgan fingerprint density at radius 1 is 1.40 bits per heavy atom. The maximum Gasteiger partial charge on any atom is 0.247 e. The van der Waals surface area contributed by atoms with Crippen molar-refractivity contribution in [1.82, 2.24) is 10.2 Å². The van der Waals surface area contributed by atoms with Gasteiger partial charge in [-0.2, -0.15) is 0 Å². The predicted molar refractivity (Wildman–Crippen MR) is 76.4 cm³/mol. The van der Waals surface area contributed by atoms with Gasteiger partial charge in [0.2, 0.25) is 11.8 Å².